The Hall–Kier alpha value is -2.54. The van der Waals surface area contributed by atoms with Gasteiger partial charge in [-0.3, -0.25) is 9.52 Å². The Morgan fingerprint density at radius 2 is 1.63 bits per heavy atom. The monoisotopic (exact) mass is 390 g/mol. The summed E-state index contributed by atoms with van der Waals surface area (Å²) >= 11 is 0. The average molecular weight is 391 g/mol. The number of rotatable bonds is 8. The molecular weight excluding hydrogens is 364 g/mol. The van der Waals surface area contributed by atoms with Crippen molar-refractivity contribution in [3.05, 3.63) is 54.1 Å². The molecule has 2 aromatic carbocycles. The van der Waals surface area contributed by atoms with E-state index in [9.17, 15) is 13.2 Å². The molecule has 0 atom stereocenters. The summed E-state index contributed by atoms with van der Waals surface area (Å²) in [5, 5.41) is 0. The topological polar surface area (TPSA) is 75.7 Å². The zero-order valence-corrected chi connectivity index (χ0v) is 16.9. The number of likely N-dealkylation sites (N-methyl/N-ethyl adjacent to an activating group) is 1. The highest BCUT2D eigenvalue weighted by Gasteiger charge is 2.14. The van der Waals surface area contributed by atoms with Gasteiger partial charge in [0.15, 0.2) is 0 Å². The zero-order valence-electron chi connectivity index (χ0n) is 16.1. The van der Waals surface area contributed by atoms with Crippen LogP contribution in [-0.2, 0) is 21.2 Å². The van der Waals surface area contributed by atoms with Crippen LogP contribution in [0.15, 0.2) is 53.4 Å². The van der Waals surface area contributed by atoms with E-state index in [2.05, 4.69) is 4.72 Å². The number of sulfonamides is 1. The van der Waals surface area contributed by atoms with Crippen LogP contribution < -0.4 is 9.46 Å². The number of carbonyl (C=O) groups is 1. The molecule has 2 aromatic rings. The molecule has 6 nitrogen and oxygen atoms in total. The molecule has 27 heavy (non-hydrogen) atoms. The van der Waals surface area contributed by atoms with Gasteiger partial charge in [0.25, 0.3) is 10.0 Å². The highest BCUT2D eigenvalue weighted by atomic mass is 32.2. The van der Waals surface area contributed by atoms with Crippen molar-refractivity contribution in [3.8, 4) is 5.75 Å². The molecule has 0 saturated carbocycles. The second-order valence-corrected chi connectivity index (χ2v) is 8.63. The summed E-state index contributed by atoms with van der Waals surface area (Å²) in [7, 11) is -0.295. The van der Waals surface area contributed by atoms with Gasteiger partial charge >= 0.3 is 0 Å². The lowest BCUT2D eigenvalue weighted by molar-refractivity contribution is -0.127. The second kappa shape index (κ2) is 8.90. The van der Waals surface area contributed by atoms with Crippen molar-refractivity contribution in [2.24, 2.45) is 5.92 Å². The molecule has 0 aromatic heterocycles. The van der Waals surface area contributed by atoms with Crippen LogP contribution in [0.4, 0.5) is 5.69 Å². The summed E-state index contributed by atoms with van der Waals surface area (Å²) < 4.78 is 33.1. The average Bonchev–Trinajstić information content (AvgIpc) is 2.61. The van der Waals surface area contributed by atoms with Crippen LogP contribution in [0, 0.1) is 5.92 Å². The normalized spacial score (nSPS) is 11.3. The Kier molecular flexibility index (Phi) is 6.85. The van der Waals surface area contributed by atoms with Crippen LogP contribution in [-0.4, -0.2) is 39.9 Å². The summed E-state index contributed by atoms with van der Waals surface area (Å²) in [4.78, 5) is 13.4. The molecule has 0 heterocycles. The summed E-state index contributed by atoms with van der Waals surface area (Å²) in [5.41, 5.74) is 1.26. The SMILES string of the molecule is CC(C)COc1ccc(S(=O)(=O)Nc2ccc(CC(=O)N(C)C)cc2)cc1. The van der Waals surface area contributed by atoms with Crippen LogP contribution in [0.3, 0.4) is 0 Å². The smallest absolute Gasteiger partial charge is 0.261 e. The molecule has 0 aliphatic heterocycles. The van der Waals surface area contributed by atoms with E-state index in [0.717, 1.165) is 5.56 Å². The Morgan fingerprint density at radius 1 is 1.04 bits per heavy atom. The van der Waals surface area contributed by atoms with Crippen LogP contribution in [0.5, 0.6) is 5.75 Å². The summed E-state index contributed by atoms with van der Waals surface area (Å²) in [6, 6.07) is 13.1. The third kappa shape index (κ3) is 6.29. The number of benzene rings is 2. The minimum Gasteiger partial charge on any atom is -0.493 e. The van der Waals surface area contributed by atoms with Crippen molar-refractivity contribution < 1.29 is 17.9 Å². The Bertz CT molecular complexity index is 858. The van der Waals surface area contributed by atoms with Gasteiger partial charge in [-0.05, 0) is 47.9 Å². The van der Waals surface area contributed by atoms with Crippen molar-refractivity contribution in [2.75, 3.05) is 25.4 Å². The van der Waals surface area contributed by atoms with Gasteiger partial charge < -0.3 is 9.64 Å². The minimum atomic E-state index is -3.69. The van der Waals surface area contributed by atoms with Gasteiger partial charge in [-0.2, -0.15) is 0 Å². The maximum Gasteiger partial charge on any atom is 0.261 e. The van der Waals surface area contributed by atoms with E-state index in [-0.39, 0.29) is 17.2 Å². The summed E-state index contributed by atoms with van der Waals surface area (Å²) in [6.45, 7) is 4.67. The third-order valence-corrected chi connectivity index (χ3v) is 5.17. The third-order valence-electron chi connectivity index (χ3n) is 3.78. The van der Waals surface area contributed by atoms with Gasteiger partial charge in [-0.1, -0.05) is 26.0 Å². The Balaban J connectivity index is 2.04. The maximum absolute atomic E-state index is 12.5. The van der Waals surface area contributed by atoms with E-state index in [1.807, 2.05) is 13.8 Å². The Labute approximate surface area is 161 Å². The number of carbonyl (C=O) groups excluding carboxylic acids is 1. The van der Waals surface area contributed by atoms with Crippen molar-refractivity contribution in [1.29, 1.82) is 0 Å². The fourth-order valence-corrected chi connectivity index (χ4v) is 3.27. The lowest BCUT2D eigenvalue weighted by Crippen LogP contribution is -2.23. The maximum atomic E-state index is 12.5. The quantitative estimate of drug-likeness (QED) is 0.751. The van der Waals surface area contributed by atoms with E-state index >= 15 is 0 Å². The lowest BCUT2D eigenvalue weighted by Gasteiger charge is -2.12. The minimum absolute atomic E-state index is 0.0110. The standard InChI is InChI=1S/C20H26N2O4S/c1-15(2)14-26-18-9-11-19(12-10-18)27(24,25)21-17-7-5-16(6-8-17)13-20(23)22(3)4/h5-12,15,21H,13-14H2,1-4H3. The molecule has 0 bridgehead atoms. The van der Waals surface area contributed by atoms with Gasteiger partial charge in [0.05, 0.1) is 17.9 Å². The predicted octanol–water partition coefficient (Wildman–Crippen LogP) is 3.15. The first-order valence-electron chi connectivity index (χ1n) is 8.72. The number of anilines is 1. The van der Waals surface area contributed by atoms with Gasteiger partial charge in [0, 0.05) is 19.8 Å². The number of amides is 1. The largest absolute Gasteiger partial charge is 0.493 e. The van der Waals surface area contributed by atoms with E-state index in [4.69, 9.17) is 4.74 Å². The van der Waals surface area contributed by atoms with Crippen LogP contribution in [0.25, 0.3) is 0 Å². The summed E-state index contributed by atoms with van der Waals surface area (Å²) in [6.07, 6.45) is 0.276. The zero-order chi connectivity index (χ0) is 20.0. The number of nitrogens with one attached hydrogen (secondary N) is 1. The number of hydrogen-bond acceptors (Lipinski definition) is 4. The molecule has 0 spiro atoms. The predicted molar refractivity (Wildman–Crippen MR) is 106 cm³/mol. The first-order chi connectivity index (χ1) is 12.7. The van der Waals surface area contributed by atoms with E-state index < -0.39 is 10.0 Å². The van der Waals surface area contributed by atoms with Crippen molar-refractivity contribution in [1.82, 2.24) is 4.90 Å². The highest BCUT2D eigenvalue weighted by Crippen LogP contribution is 2.20. The lowest BCUT2D eigenvalue weighted by atomic mass is 10.1. The fourth-order valence-electron chi connectivity index (χ4n) is 2.22. The molecule has 146 valence electrons. The molecule has 1 amide bonds. The van der Waals surface area contributed by atoms with E-state index in [0.29, 0.717) is 24.0 Å². The van der Waals surface area contributed by atoms with E-state index in [1.54, 1.807) is 50.5 Å². The molecule has 0 aliphatic rings. The van der Waals surface area contributed by atoms with Crippen LogP contribution >= 0.6 is 0 Å². The molecule has 0 unspecified atom stereocenters. The molecular formula is C20H26N2O4S. The molecule has 0 fully saturated rings. The van der Waals surface area contributed by atoms with Gasteiger partial charge in [-0.15, -0.1) is 0 Å². The summed E-state index contributed by atoms with van der Waals surface area (Å²) in [5.74, 6) is 1.02. The molecule has 0 saturated heterocycles. The van der Waals surface area contributed by atoms with Crippen molar-refractivity contribution in [2.45, 2.75) is 25.2 Å². The molecule has 1 N–H and O–H groups in total. The highest BCUT2D eigenvalue weighted by molar-refractivity contribution is 7.92. The molecule has 0 radical (unpaired) electrons. The molecule has 7 heteroatoms. The van der Waals surface area contributed by atoms with Gasteiger partial charge in [-0.25, -0.2) is 8.42 Å². The molecule has 0 aliphatic carbocycles. The van der Waals surface area contributed by atoms with Gasteiger partial charge in [0.2, 0.25) is 5.91 Å². The Morgan fingerprint density at radius 3 is 2.15 bits per heavy atom. The first kappa shape index (κ1) is 20.8. The fraction of sp³-hybridized carbons (Fsp3) is 0.350. The van der Waals surface area contributed by atoms with Crippen molar-refractivity contribution >= 4 is 21.6 Å². The van der Waals surface area contributed by atoms with Gasteiger partial charge in [0.1, 0.15) is 5.75 Å². The second-order valence-electron chi connectivity index (χ2n) is 6.94. The number of hydrogen-bond donors (Lipinski definition) is 1. The van der Waals surface area contributed by atoms with Crippen LogP contribution in [0.2, 0.25) is 0 Å². The van der Waals surface area contributed by atoms with E-state index in [1.165, 1.54) is 17.0 Å². The van der Waals surface area contributed by atoms with Crippen LogP contribution in [0.1, 0.15) is 19.4 Å². The first-order valence-corrected chi connectivity index (χ1v) is 10.2. The van der Waals surface area contributed by atoms with Crippen molar-refractivity contribution in [3.63, 3.8) is 0 Å². The number of ether oxygens (including phenoxy) is 1. The molecule has 2 rings (SSSR count). The number of nitrogens with zero attached hydrogens (tertiary/aromatic N) is 1.